The van der Waals surface area contributed by atoms with Crippen molar-refractivity contribution in [3.8, 4) is 6.07 Å². The van der Waals surface area contributed by atoms with Crippen molar-refractivity contribution in [1.82, 2.24) is 4.57 Å². The molecule has 1 amide bonds. The highest BCUT2D eigenvalue weighted by Gasteiger charge is 2.31. The Morgan fingerprint density at radius 1 is 1.31 bits per heavy atom. The van der Waals surface area contributed by atoms with Gasteiger partial charge in [-0.15, -0.1) is 11.3 Å². The first kappa shape index (κ1) is 20.6. The fourth-order valence-corrected chi connectivity index (χ4v) is 4.18. The predicted molar refractivity (Wildman–Crippen MR) is 96.4 cm³/mol. The number of hydrogen-bond acceptors (Lipinski definition) is 6. The molecule has 2 aromatic heterocycles. The fourth-order valence-electron chi connectivity index (χ4n) is 2.93. The van der Waals surface area contributed by atoms with Crippen molar-refractivity contribution < 1.29 is 27.5 Å². The van der Waals surface area contributed by atoms with Crippen LogP contribution < -0.4 is 10.9 Å². The summed E-state index contributed by atoms with van der Waals surface area (Å²) in [6.45, 7) is -1.47. The molecule has 2 aromatic rings. The van der Waals surface area contributed by atoms with Gasteiger partial charge in [-0.2, -0.15) is 18.4 Å². The van der Waals surface area contributed by atoms with E-state index in [-0.39, 0.29) is 0 Å². The number of thiophene rings is 1. The average Bonchev–Trinajstić information content (AvgIpc) is 3.21. The summed E-state index contributed by atoms with van der Waals surface area (Å²) in [5.41, 5.74) is -0.574. The molecule has 3 rings (SSSR count). The zero-order valence-electron chi connectivity index (χ0n) is 14.8. The molecule has 0 saturated carbocycles. The van der Waals surface area contributed by atoms with Gasteiger partial charge in [0, 0.05) is 17.1 Å². The molecule has 1 aliphatic carbocycles. The van der Waals surface area contributed by atoms with Gasteiger partial charge in [-0.25, -0.2) is 0 Å². The number of aromatic nitrogens is 1. The lowest BCUT2D eigenvalue weighted by molar-refractivity contribution is -0.148. The zero-order valence-corrected chi connectivity index (χ0v) is 15.7. The van der Waals surface area contributed by atoms with Gasteiger partial charge in [0.15, 0.2) is 6.61 Å². The van der Waals surface area contributed by atoms with Crippen molar-refractivity contribution in [2.75, 3.05) is 11.9 Å². The van der Waals surface area contributed by atoms with Crippen LogP contribution in [0.1, 0.15) is 28.0 Å². The number of hydrogen-bond donors (Lipinski definition) is 1. The minimum atomic E-state index is -4.67. The van der Waals surface area contributed by atoms with E-state index in [9.17, 15) is 32.8 Å². The van der Waals surface area contributed by atoms with Gasteiger partial charge in [0.2, 0.25) is 0 Å². The van der Waals surface area contributed by atoms with E-state index in [1.54, 1.807) is 0 Å². The lowest BCUT2D eigenvalue weighted by Crippen LogP contribution is -2.28. The van der Waals surface area contributed by atoms with Gasteiger partial charge in [-0.3, -0.25) is 14.4 Å². The molecule has 0 aliphatic heterocycles. The maximum absolute atomic E-state index is 12.7. The first-order chi connectivity index (χ1) is 13.7. The van der Waals surface area contributed by atoms with Gasteiger partial charge in [-0.1, -0.05) is 0 Å². The summed E-state index contributed by atoms with van der Waals surface area (Å²) >= 11 is 1.30. The van der Waals surface area contributed by atoms with Crippen molar-refractivity contribution in [3.63, 3.8) is 0 Å². The molecule has 0 spiro atoms. The van der Waals surface area contributed by atoms with Gasteiger partial charge in [-0.05, 0) is 30.9 Å². The molecule has 152 valence electrons. The molecule has 2 heterocycles. The quantitative estimate of drug-likeness (QED) is 0.742. The Kier molecular flexibility index (Phi) is 5.74. The first-order valence-corrected chi connectivity index (χ1v) is 9.28. The lowest BCUT2D eigenvalue weighted by Gasteiger charge is -2.10. The molecular weight excluding hydrogens is 411 g/mol. The summed E-state index contributed by atoms with van der Waals surface area (Å²) in [4.78, 5) is 36.5. The molecule has 11 heteroatoms. The standard InChI is InChI=1S/C18H14F3N3O4S/c19-18(20,21)10-4-5-15(26)24(7-10)8-16(27)28-9-14(25)23-17-12(6-22)11-2-1-3-13(11)29-17/h4-5,7H,1-3,8-9H2,(H,23,25). The van der Waals surface area contributed by atoms with E-state index in [0.29, 0.717) is 33.5 Å². The summed E-state index contributed by atoms with van der Waals surface area (Å²) in [6, 6.07) is 3.37. The largest absolute Gasteiger partial charge is 0.454 e. The minimum absolute atomic E-state index is 0.382. The van der Waals surface area contributed by atoms with Crippen molar-refractivity contribution in [2.45, 2.75) is 32.0 Å². The summed E-state index contributed by atoms with van der Waals surface area (Å²) in [5.74, 6) is -1.73. The number of aryl methyl sites for hydroxylation is 1. The Morgan fingerprint density at radius 3 is 2.76 bits per heavy atom. The van der Waals surface area contributed by atoms with Crippen molar-refractivity contribution in [2.24, 2.45) is 0 Å². The number of alkyl halides is 3. The maximum atomic E-state index is 12.7. The number of pyridine rings is 1. The van der Waals surface area contributed by atoms with Crippen LogP contribution in [-0.4, -0.2) is 23.1 Å². The number of fused-ring (bicyclic) bond motifs is 1. The van der Waals surface area contributed by atoms with Crippen LogP contribution in [0.5, 0.6) is 0 Å². The average molecular weight is 425 g/mol. The number of nitriles is 1. The van der Waals surface area contributed by atoms with Gasteiger partial charge in [0.05, 0.1) is 11.1 Å². The van der Waals surface area contributed by atoms with Gasteiger partial charge in [0.25, 0.3) is 11.5 Å². The number of halogens is 3. The van der Waals surface area contributed by atoms with Gasteiger partial charge < -0.3 is 14.6 Å². The number of esters is 1. The summed E-state index contributed by atoms with van der Waals surface area (Å²) < 4.78 is 43.4. The molecule has 7 nitrogen and oxygen atoms in total. The lowest BCUT2D eigenvalue weighted by atomic mass is 10.1. The van der Waals surface area contributed by atoms with Crippen LogP contribution in [0.15, 0.2) is 23.1 Å². The normalized spacial score (nSPS) is 12.9. The smallest absolute Gasteiger partial charge is 0.417 e. The highest BCUT2D eigenvalue weighted by molar-refractivity contribution is 7.16. The molecule has 1 N–H and O–H groups in total. The maximum Gasteiger partial charge on any atom is 0.417 e. The Balaban J connectivity index is 1.58. The second kappa shape index (κ2) is 8.08. The van der Waals surface area contributed by atoms with Crippen LogP contribution in [0, 0.1) is 11.3 Å². The molecule has 0 unspecified atom stereocenters. The van der Waals surface area contributed by atoms with E-state index in [4.69, 9.17) is 4.74 Å². The molecular formula is C18H14F3N3O4S. The number of anilines is 1. The predicted octanol–water partition coefficient (Wildman–Crippen LogP) is 2.47. The number of rotatable bonds is 5. The second-order valence-electron chi connectivity index (χ2n) is 6.26. The topological polar surface area (TPSA) is 101 Å². The van der Waals surface area contributed by atoms with E-state index < -0.39 is 42.3 Å². The van der Waals surface area contributed by atoms with E-state index in [1.807, 2.05) is 0 Å². The molecule has 1 aliphatic rings. The molecule has 29 heavy (non-hydrogen) atoms. The molecule has 0 radical (unpaired) electrons. The highest BCUT2D eigenvalue weighted by atomic mass is 32.1. The van der Waals surface area contributed by atoms with Crippen LogP contribution >= 0.6 is 11.3 Å². The van der Waals surface area contributed by atoms with Gasteiger partial charge in [0.1, 0.15) is 17.6 Å². The van der Waals surface area contributed by atoms with E-state index >= 15 is 0 Å². The van der Waals surface area contributed by atoms with Gasteiger partial charge >= 0.3 is 12.1 Å². The summed E-state index contributed by atoms with van der Waals surface area (Å²) in [7, 11) is 0. The third kappa shape index (κ3) is 4.65. The molecule has 0 bridgehead atoms. The molecule has 0 saturated heterocycles. The molecule has 0 aromatic carbocycles. The van der Waals surface area contributed by atoms with Crippen molar-refractivity contribution in [1.29, 1.82) is 5.26 Å². The van der Waals surface area contributed by atoms with Crippen molar-refractivity contribution >= 4 is 28.2 Å². The number of ether oxygens (including phenoxy) is 1. The molecule has 0 fully saturated rings. The van der Waals surface area contributed by atoms with Crippen LogP contribution in [0.2, 0.25) is 0 Å². The monoisotopic (exact) mass is 425 g/mol. The van der Waals surface area contributed by atoms with Crippen LogP contribution in [0.4, 0.5) is 18.2 Å². The Morgan fingerprint density at radius 2 is 2.07 bits per heavy atom. The number of carbonyl (C=O) groups excluding carboxylic acids is 2. The number of amides is 1. The Hall–Kier alpha value is -3.13. The molecule has 0 atom stereocenters. The van der Waals surface area contributed by atoms with Crippen molar-refractivity contribution in [3.05, 3.63) is 50.3 Å². The fraction of sp³-hybridized carbons (Fsp3) is 0.333. The number of carbonyl (C=O) groups is 2. The highest BCUT2D eigenvalue weighted by Crippen LogP contribution is 2.38. The third-order valence-electron chi connectivity index (χ3n) is 4.26. The minimum Gasteiger partial charge on any atom is -0.454 e. The zero-order chi connectivity index (χ0) is 21.2. The summed E-state index contributed by atoms with van der Waals surface area (Å²) in [5, 5.41) is 12.2. The Bertz CT molecular complexity index is 1070. The van der Waals surface area contributed by atoms with E-state index in [2.05, 4.69) is 11.4 Å². The SMILES string of the molecule is N#Cc1c(NC(=O)COC(=O)Cn2cc(C(F)(F)F)ccc2=O)sc2c1CCC2. The van der Waals surface area contributed by atoms with Crippen LogP contribution in [0.25, 0.3) is 0 Å². The van der Waals surface area contributed by atoms with E-state index in [0.717, 1.165) is 29.7 Å². The number of nitrogens with one attached hydrogen (secondary N) is 1. The Labute approximate surface area is 166 Å². The number of nitrogens with zero attached hydrogens (tertiary/aromatic N) is 2. The summed E-state index contributed by atoms with van der Waals surface area (Å²) in [6.07, 6.45) is -1.60. The van der Waals surface area contributed by atoms with E-state index in [1.165, 1.54) is 11.3 Å². The van der Waals surface area contributed by atoms with Crippen LogP contribution in [-0.2, 0) is 39.9 Å². The first-order valence-electron chi connectivity index (χ1n) is 8.47. The second-order valence-corrected chi connectivity index (χ2v) is 7.37. The van der Waals surface area contributed by atoms with Crippen LogP contribution in [0.3, 0.4) is 0 Å². The third-order valence-corrected chi connectivity index (χ3v) is 5.47.